The largest absolute Gasteiger partial charge is 0.465 e. The van der Waals surface area contributed by atoms with Gasteiger partial charge in [-0.2, -0.15) is 10.1 Å². The molecule has 0 aliphatic rings. The van der Waals surface area contributed by atoms with E-state index < -0.39 is 12.0 Å². The topological polar surface area (TPSA) is 73.5 Å². The number of carbonyl (C=O) groups excluding carboxylic acids is 2. The number of nitrogens with zero attached hydrogens (tertiary/aromatic N) is 3. The van der Waals surface area contributed by atoms with E-state index in [2.05, 4.69) is 14.8 Å². The Morgan fingerprint density at radius 3 is 2.93 bits per heavy atom. The third-order valence-corrected chi connectivity index (χ3v) is 2.03. The molecule has 1 rings (SSSR count). The Kier molecular flexibility index (Phi) is 3.36. The Labute approximate surface area is 86.6 Å². The Morgan fingerprint density at radius 1 is 1.73 bits per heavy atom. The van der Waals surface area contributed by atoms with E-state index in [4.69, 9.17) is 0 Å². The molecule has 1 heterocycles. The quantitative estimate of drug-likeness (QED) is 0.415. The summed E-state index contributed by atoms with van der Waals surface area (Å²) in [6, 6.07) is -0.468. The maximum absolute atomic E-state index is 11.3. The van der Waals surface area contributed by atoms with Gasteiger partial charge < -0.3 is 4.74 Å². The van der Waals surface area contributed by atoms with Gasteiger partial charge in [0.15, 0.2) is 0 Å². The zero-order valence-corrected chi connectivity index (χ0v) is 8.72. The van der Waals surface area contributed by atoms with Crippen LogP contribution < -0.4 is 0 Å². The van der Waals surface area contributed by atoms with Crippen LogP contribution in [0, 0.1) is 0 Å². The molecule has 1 unspecified atom stereocenters. The number of ether oxygens (including phenoxy) is 1. The molecular weight excluding hydrogens is 198 g/mol. The minimum atomic E-state index is -0.494. The van der Waals surface area contributed by atoms with Crippen LogP contribution in [0.25, 0.3) is 0 Å². The molecule has 0 fully saturated rings. The Balaban J connectivity index is 3.20. The summed E-state index contributed by atoms with van der Waals surface area (Å²) in [6.45, 7) is 1.67. The summed E-state index contributed by atoms with van der Waals surface area (Å²) in [5.74, 6) is -0.494. The third-order valence-electron chi connectivity index (χ3n) is 2.03. The van der Waals surface area contributed by atoms with Crippen molar-refractivity contribution in [3.8, 4) is 0 Å². The second-order valence-electron chi connectivity index (χ2n) is 2.96. The van der Waals surface area contributed by atoms with Gasteiger partial charge in [0.05, 0.1) is 19.0 Å². The number of aliphatic imine (C=N–C) groups is 1. The van der Waals surface area contributed by atoms with Gasteiger partial charge in [-0.15, -0.1) is 0 Å². The van der Waals surface area contributed by atoms with Gasteiger partial charge in [-0.25, -0.2) is 9.59 Å². The Hall–Kier alpha value is -1.94. The van der Waals surface area contributed by atoms with Gasteiger partial charge in [0, 0.05) is 7.05 Å². The van der Waals surface area contributed by atoms with Gasteiger partial charge in [0.1, 0.15) is 11.6 Å². The minimum absolute atomic E-state index is 0.312. The predicted molar refractivity (Wildman–Crippen MR) is 51.1 cm³/mol. The van der Waals surface area contributed by atoms with E-state index in [1.54, 1.807) is 14.0 Å². The van der Waals surface area contributed by atoms with Crippen LogP contribution in [0.15, 0.2) is 11.2 Å². The van der Waals surface area contributed by atoms with E-state index in [0.717, 1.165) is 0 Å². The van der Waals surface area contributed by atoms with Gasteiger partial charge in [0.25, 0.3) is 0 Å². The molecule has 0 aliphatic carbocycles. The van der Waals surface area contributed by atoms with E-state index in [1.165, 1.54) is 24.1 Å². The summed E-state index contributed by atoms with van der Waals surface area (Å²) in [7, 11) is 2.95. The third kappa shape index (κ3) is 2.11. The van der Waals surface area contributed by atoms with Crippen molar-refractivity contribution in [1.29, 1.82) is 0 Å². The fourth-order valence-corrected chi connectivity index (χ4v) is 1.35. The zero-order chi connectivity index (χ0) is 11.4. The van der Waals surface area contributed by atoms with E-state index >= 15 is 0 Å². The lowest BCUT2D eigenvalue weighted by Crippen LogP contribution is -2.08. The van der Waals surface area contributed by atoms with Gasteiger partial charge in [-0.3, -0.25) is 4.68 Å². The zero-order valence-electron chi connectivity index (χ0n) is 8.72. The lowest BCUT2D eigenvalue weighted by atomic mass is 10.1. The molecule has 1 aromatic heterocycles. The summed E-state index contributed by atoms with van der Waals surface area (Å²) in [4.78, 5) is 25.0. The molecule has 0 aromatic carbocycles. The monoisotopic (exact) mass is 209 g/mol. The molecule has 0 aliphatic heterocycles. The van der Waals surface area contributed by atoms with Crippen molar-refractivity contribution in [3.05, 3.63) is 17.5 Å². The van der Waals surface area contributed by atoms with E-state index in [0.29, 0.717) is 11.3 Å². The van der Waals surface area contributed by atoms with Gasteiger partial charge >= 0.3 is 5.97 Å². The minimum Gasteiger partial charge on any atom is -0.465 e. The summed E-state index contributed by atoms with van der Waals surface area (Å²) in [5.41, 5.74) is 0.844. The lowest BCUT2D eigenvalue weighted by Gasteiger charge is -2.07. The van der Waals surface area contributed by atoms with E-state index in [9.17, 15) is 9.59 Å². The molecule has 0 radical (unpaired) electrons. The lowest BCUT2D eigenvalue weighted by molar-refractivity contribution is 0.0598. The van der Waals surface area contributed by atoms with Crippen molar-refractivity contribution in [1.82, 2.24) is 9.78 Å². The van der Waals surface area contributed by atoms with Crippen LogP contribution in [0.2, 0.25) is 0 Å². The van der Waals surface area contributed by atoms with Gasteiger partial charge in [-0.1, -0.05) is 0 Å². The van der Waals surface area contributed by atoms with Crippen LogP contribution in [0.3, 0.4) is 0 Å². The first kappa shape index (κ1) is 11.1. The SMILES string of the molecule is COC(=O)c1cnn(C)c1C(C)N=C=O. The highest BCUT2D eigenvalue weighted by atomic mass is 16.5. The smallest absolute Gasteiger partial charge is 0.341 e. The molecule has 15 heavy (non-hydrogen) atoms. The molecule has 6 heteroatoms. The molecule has 0 bridgehead atoms. The highest BCUT2D eigenvalue weighted by Crippen LogP contribution is 2.20. The molecule has 0 saturated carbocycles. The molecule has 1 atom stereocenters. The highest BCUT2D eigenvalue weighted by Gasteiger charge is 2.20. The highest BCUT2D eigenvalue weighted by molar-refractivity contribution is 5.90. The fourth-order valence-electron chi connectivity index (χ4n) is 1.35. The van der Waals surface area contributed by atoms with Crippen molar-refractivity contribution in [2.75, 3.05) is 7.11 Å². The molecule has 0 amide bonds. The number of hydrogen-bond donors (Lipinski definition) is 0. The Morgan fingerprint density at radius 2 is 2.40 bits per heavy atom. The van der Waals surface area contributed by atoms with Crippen molar-refractivity contribution < 1.29 is 14.3 Å². The fraction of sp³-hybridized carbons (Fsp3) is 0.444. The van der Waals surface area contributed by atoms with E-state index in [-0.39, 0.29) is 0 Å². The number of hydrogen-bond acceptors (Lipinski definition) is 5. The molecule has 6 nitrogen and oxygen atoms in total. The number of aromatic nitrogens is 2. The summed E-state index contributed by atoms with van der Waals surface area (Å²) in [5, 5.41) is 3.91. The van der Waals surface area contributed by atoms with Crippen LogP contribution in [0.5, 0.6) is 0 Å². The van der Waals surface area contributed by atoms with Crippen molar-refractivity contribution >= 4 is 12.0 Å². The second kappa shape index (κ2) is 4.52. The molecule has 0 spiro atoms. The average molecular weight is 209 g/mol. The van der Waals surface area contributed by atoms with Crippen LogP contribution in [-0.4, -0.2) is 28.9 Å². The average Bonchev–Trinajstić information content (AvgIpc) is 2.59. The molecule has 80 valence electrons. The van der Waals surface area contributed by atoms with Crippen LogP contribution in [0.4, 0.5) is 0 Å². The van der Waals surface area contributed by atoms with Crippen molar-refractivity contribution in [2.45, 2.75) is 13.0 Å². The standard InChI is InChI=1S/C9H11N3O3/c1-6(10-5-13)8-7(9(14)15-3)4-11-12(8)2/h4,6H,1-3H3. The second-order valence-corrected chi connectivity index (χ2v) is 2.96. The van der Waals surface area contributed by atoms with Crippen LogP contribution in [0.1, 0.15) is 29.0 Å². The summed E-state index contributed by atoms with van der Waals surface area (Å²) < 4.78 is 6.07. The van der Waals surface area contributed by atoms with Gasteiger partial charge in [0.2, 0.25) is 6.08 Å². The van der Waals surface area contributed by atoms with Crippen molar-refractivity contribution in [3.63, 3.8) is 0 Å². The number of esters is 1. The van der Waals surface area contributed by atoms with Crippen LogP contribution >= 0.6 is 0 Å². The Bertz CT molecular complexity index is 418. The molecule has 0 N–H and O–H groups in total. The number of methoxy groups -OCH3 is 1. The number of aryl methyl sites for hydroxylation is 1. The normalized spacial score (nSPS) is 11.7. The number of carbonyl (C=O) groups is 1. The molecule has 0 saturated heterocycles. The maximum Gasteiger partial charge on any atom is 0.341 e. The molecule has 1 aromatic rings. The molecular formula is C9H11N3O3. The van der Waals surface area contributed by atoms with E-state index in [1.807, 2.05) is 0 Å². The first-order valence-corrected chi connectivity index (χ1v) is 4.29. The summed E-state index contributed by atoms with van der Waals surface area (Å²) in [6.07, 6.45) is 2.84. The predicted octanol–water partition coefficient (Wildman–Crippen LogP) is 0.603. The number of isocyanates is 1. The maximum atomic E-state index is 11.3. The van der Waals surface area contributed by atoms with Crippen molar-refractivity contribution in [2.24, 2.45) is 12.0 Å². The first-order chi connectivity index (χ1) is 7.11. The van der Waals surface area contributed by atoms with Gasteiger partial charge in [-0.05, 0) is 6.92 Å². The van der Waals surface area contributed by atoms with Crippen LogP contribution in [-0.2, 0) is 16.6 Å². The first-order valence-electron chi connectivity index (χ1n) is 4.29. The summed E-state index contributed by atoms with van der Waals surface area (Å²) >= 11 is 0. The number of rotatable bonds is 3.